The number of halogens is 1. The van der Waals surface area contributed by atoms with Crippen LogP contribution in [0.1, 0.15) is 13.8 Å². The lowest BCUT2D eigenvalue weighted by molar-refractivity contribution is -0.386. The lowest BCUT2D eigenvalue weighted by atomic mass is 9.98. The molecule has 0 aliphatic carbocycles. The van der Waals surface area contributed by atoms with Crippen molar-refractivity contribution in [2.24, 2.45) is 10.6 Å². The van der Waals surface area contributed by atoms with E-state index in [1.807, 2.05) is 0 Å². The maximum absolute atomic E-state index is 11.1. The Bertz CT molecular complexity index is 615. The lowest BCUT2D eigenvalue weighted by Crippen LogP contribution is -2.33. The Labute approximate surface area is 125 Å². The molecule has 0 heterocycles. The van der Waals surface area contributed by atoms with Gasteiger partial charge < -0.3 is 4.74 Å². The first-order chi connectivity index (χ1) is 9.02. The van der Waals surface area contributed by atoms with E-state index in [4.69, 9.17) is 9.88 Å². The number of hydrogen-bond donors (Lipinski definition) is 1. The maximum Gasteiger partial charge on any atom is 0.312 e. The number of benzene rings is 1. The van der Waals surface area contributed by atoms with Crippen LogP contribution in [0, 0.1) is 15.5 Å². The molecule has 0 saturated heterocycles. The lowest BCUT2D eigenvalue weighted by Gasteiger charge is -2.23. The normalized spacial score (nSPS) is 12.2. The first-order valence-electron chi connectivity index (χ1n) is 5.58. The largest absolute Gasteiger partial charge is 0.485 e. The van der Waals surface area contributed by atoms with Gasteiger partial charge in [0.1, 0.15) is 0 Å². The number of para-hydroxylation sites is 1. The zero-order chi connectivity index (χ0) is 15.6. The van der Waals surface area contributed by atoms with Gasteiger partial charge in [-0.1, -0.05) is 19.9 Å². The first kappa shape index (κ1) is 16.9. The number of primary sulfonamides is 1. The molecule has 0 unspecified atom stereocenters. The van der Waals surface area contributed by atoms with Crippen LogP contribution >= 0.6 is 15.9 Å². The van der Waals surface area contributed by atoms with E-state index in [1.54, 1.807) is 19.9 Å². The number of nitro benzene ring substituents is 1. The van der Waals surface area contributed by atoms with Crippen molar-refractivity contribution in [2.75, 3.05) is 12.4 Å². The van der Waals surface area contributed by atoms with Crippen LogP contribution in [-0.4, -0.2) is 25.7 Å². The van der Waals surface area contributed by atoms with Crippen molar-refractivity contribution in [3.05, 3.63) is 32.8 Å². The topological polar surface area (TPSA) is 113 Å². The number of nitro groups is 1. The first-order valence-corrected chi connectivity index (χ1v) is 8.09. The molecule has 2 N–H and O–H groups in total. The summed E-state index contributed by atoms with van der Waals surface area (Å²) in [6.07, 6.45) is 0. The standard InChI is InChI=1S/C11H15BrN2O5S/c1-11(2,7-20(13,17)18)6-19-10-8(12)4-3-5-9(10)14(15)16/h3-5H,6-7H2,1-2H3,(H2,13,17,18). The van der Waals surface area contributed by atoms with Gasteiger partial charge in [0.25, 0.3) is 0 Å². The molecule has 0 aliphatic heterocycles. The van der Waals surface area contributed by atoms with E-state index in [0.29, 0.717) is 4.47 Å². The van der Waals surface area contributed by atoms with Crippen LogP contribution in [0.4, 0.5) is 5.69 Å². The smallest absolute Gasteiger partial charge is 0.312 e. The number of sulfonamides is 1. The van der Waals surface area contributed by atoms with Gasteiger partial charge in [-0.15, -0.1) is 0 Å². The summed E-state index contributed by atoms with van der Waals surface area (Å²) in [5, 5.41) is 15.9. The Morgan fingerprint density at radius 1 is 1.45 bits per heavy atom. The Balaban J connectivity index is 2.93. The van der Waals surface area contributed by atoms with Gasteiger partial charge in [0, 0.05) is 11.5 Å². The van der Waals surface area contributed by atoms with Crippen molar-refractivity contribution < 1.29 is 18.1 Å². The molecule has 0 bridgehead atoms. The van der Waals surface area contributed by atoms with Gasteiger partial charge in [-0.2, -0.15) is 0 Å². The number of rotatable bonds is 6. The molecule has 1 aromatic carbocycles. The van der Waals surface area contributed by atoms with E-state index >= 15 is 0 Å². The molecular formula is C11H15BrN2O5S. The third kappa shape index (κ3) is 5.06. The quantitative estimate of drug-likeness (QED) is 0.611. The highest BCUT2D eigenvalue weighted by Crippen LogP contribution is 2.35. The highest BCUT2D eigenvalue weighted by atomic mass is 79.9. The minimum atomic E-state index is -3.65. The van der Waals surface area contributed by atoms with Crippen molar-refractivity contribution in [1.82, 2.24) is 0 Å². The molecule has 20 heavy (non-hydrogen) atoms. The predicted molar refractivity (Wildman–Crippen MR) is 78.0 cm³/mol. The molecule has 1 rings (SSSR count). The molecule has 0 radical (unpaired) electrons. The molecule has 9 heteroatoms. The van der Waals surface area contributed by atoms with E-state index in [-0.39, 0.29) is 23.8 Å². The van der Waals surface area contributed by atoms with Crippen LogP contribution in [0.3, 0.4) is 0 Å². The minimum absolute atomic E-state index is 0.0209. The fourth-order valence-corrected chi connectivity index (χ4v) is 3.28. The van der Waals surface area contributed by atoms with Gasteiger partial charge in [0.2, 0.25) is 15.8 Å². The van der Waals surface area contributed by atoms with Gasteiger partial charge in [-0.25, -0.2) is 13.6 Å². The summed E-state index contributed by atoms with van der Waals surface area (Å²) in [6, 6.07) is 4.44. The summed E-state index contributed by atoms with van der Waals surface area (Å²) in [4.78, 5) is 10.4. The average molecular weight is 367 g/mol. The van der Waals surface area contributed by atoms with E-state index in [9.17, 15) is 18.5 Å². The molecule has 0 aliphatic rings. The monoisotopic (exact) mass is 366 g/mol. The van der Waals surface area contributed by atoms with Crippen molar-refractivity contribution in [1.29, 1.82) is 0 Å². The number of nitrogens with zero attached hydrogens (tertiary/aromatic N) is 1. The molecule has 0 fully saturated rings. The molecule has 0 spiro atoms. The van der Waals surface area contributed by atoms with Crippen molar-refractivity contribution in [3.8, 4) is 5.75 Å². The third-order valence-corrected chi connectivity index (χ3v) is 4.15. The fraction of sp³-hybridized carbons (Fsp3) is 0.455. The van der Waals surface area contributed by atoms with Crippen LogP contribution < -0.4 is 9.88 Å². The van der Waals surface area contributed by atoms with E-state index in [1.165, 1.54) is 12.1 Å². The third-order valence-electron chi connectivity index (χ3n) is 2.34. The van der Waals surface area contributed by atoms with Crippen molar-refractivity contribution in [3.63, 3.8) is 0 Å². The second kappa shape index (κ2) is 6.06. The zero-order valence-electron chi connectivity index (χ0n) is 11.0. The Morgan fingerprint density at radius 3 is 2.55 bits per heavy atom. The Hall–Kier alpha value is -1.19. The van der Waals surface area contributed by atoms with E-state index in [2.05, 4.69) is 15.9 Å². The van der Waals surface area contributed by atoms with Gasteiger partial charge in [-0.05, 0) is 22.0 Å². The Kier molecular flexibility index (Phi) is 5.11. The van der Waals surface area contributed by atoms with Crippen LogP contribution in [0.25, 0.3) is 0 Å². The number of nitrogens with two attached hydrogens (primary N) is 1. The molecular weight excluding hydrogens is 352 g/mol. The highest BCUT2D eigenvalue weighted by Gasteiger charge is 2.27. The summed E-state index contributed by atoms with van der Waals surface area (Å²) in [7, 11) is -3.65. The molecule has 0 atom stereocenters. The molecule has 112 valence electrons. The maximum atomic E-state index is 11.1. The number of hydrogen-bond acceptors (Lipinski definition) is 5. The van der Waals surface area contributed by atoms with Crippen molar-refractivity contribution >= 4 is 31.6 Å². The van der Waals surface area contributed by atoms with Crippen LogP contribution in [0.5, 0.6) is 5.75 Å². The second-order valence-corrected chi connectivity index (χ2v) is 7.57. The predicted octanol–water partition coefficient (Wildman–Crippen LogP) is 2.05. The van der Waals surface area contributed by atoms with Crippen LogP contribution in [0.2, 0.25) is 0 Å². The van der Waals surface area contributed by atoms with E-state index in [0.717, 1.165) is 0 Å². The van der Waals surface area contributed by atoms with Gasteiger partial charge in [0.15, 0.2) is 0 Å². The van der Waals surface area contributed by atoms with Crippen LogP contribution in [0.15, 0.2) is 22.7 Å². The van der Waals surface area contributed by atoms with Gasteiger partial charge in [0.05, 0.1) is 21.8 Å². The highest BCUT2D eigenvalue weighted by molar-refractivity contribution is 9.10. The fourth-order valence-electron chi connectivity index (χ4n) is 1.64. The molecule has 0 amide bonds. The SMILES string of the molecule is CC(C)(COc1c(Br)cccc1[N+](=O)[O-])CS(N)(=O)=O. The van der Waals surface area contributed by atoms with Gasteiger partial charge >= 0.3 is 5.69 Å². The summed E-state index contributed by atoms with van der Waals surface area (Å²) in [6.45, 7) is 3.28. The van der Waals surface area contributed by atoms with Gasteiger partial charge in [-0.3, -0.25) is 10.1 Å². The van der Waals surface area contributed by atoms with Crippen LogP contribution in [-0.2, 0) is 10.0 Å². The Morgan fingerprint density at radius 2 is 2.05 bits per heavy atom. The van der Waals surface area contributed by atoms with E-state index < -0.39 is 20.4 Å². The summed E-state index contributed by atoms with van der Waals surface area (Å²) in [5.41, 5.74) is -0.956. The average Bonchev–Trinajstić information content (AvgIpc) is 2.23. The molecule has 1 aromatic rings. The number of ether oxygens (including phenoxy) is 1. The van der Waals surface area contributed by atoms with Crippen molar-refractivity contribution in [2.45, 2.75) is 13.8 Å². The summed E-state index contributed by atoms with van der Waals surface area (Å²) < 4.78 is 28.1. The second-order valence-electron chi connectivity index (χ2n) is 5.11. The molecule has 7 nitrogen and oxygen atoms in total. The summed E-state index contributed by atoms with van der Waals surface area (Å²) in [5.74, 6) is -0.210. The zero-order valence-corrected chi connectivity index (χ0v) is 13.4. The summed E-state index contributed by atoms with van der Waals surface area (Å²) >= 11 is 3.17. The molecule has 0 aromatic heterocycles. The molecule has 0 saturated carbocycles. The minimum Gasteiger partial charge on any atom is -0.485 e.